The van der Waals surface area contributed by atoms with Crippen LogP contribution < -0.4 is 10.2 Å². The molecular weight excluding hydrogens is 251 g/mol. The van der Waals surface area contributed by atoms with Crippen LogP contribution in [0.2, 0.25) is 0 Å². The van der Waals surface area contributed by atoms with Crippen molar-refractivity contribution in [1.82, 2.24) is 5.32 Å². The molecule has 0 unspecified atom stereocenters. The summed E-state index contributed by atoms with van der Waals surface area (Å²) in [6, 6.07) is 6.04. The fourth-order valence-corrected chi connectivity index (χ4v) is 2.62. The van der Waals surface area contributed by atoms with Gasteiger partial charge in [0.05, 0.1) is 5.69 Å². The highest BCUT2D eigenvalue weighted by Crippen LogP contribution is 2.35. The normalized spacial score (nSPS) is 14.6. The maximum absolute atomic E-state index is 14.4. The number of benzene rings is 1. The summed E-state index contributed by atoms with van der Waals surface area (Å²) in [5, 5.41) is 3.40. The van der Waals surface area contributed by atoms with Crippen LogP contribution in [0.3, 0.4) is 0 Å². The van der Waals surface area contributed by atoms with E-state index in [9.17, 15) is 4.39 Å². The van der Waals surface area contributed by atoms with Crippen LogP contribution in [-0.2, 0) is 6.54 Å². The highest BCUT2D eigenvalue weighted by Gasteiger charge is 2.31. The molecule has 1 aliphatic carbocycles. The second kappa shape index (κ2) is 7.63. The molecule has 0 amide bonds. The third-order valence-electron chi connectivity index (χ3n) is 3.84. The van der Waals surface area contributed by atoms with Crippen LogP contribution in [0.4, 0.5) is 10.1 Å². The lowest BCUT2D eigenvalue weighted by atomic mass is 10.1. The SMILES string of the molecule is CCCCN(c1c(F)cccc1CNCCC)C1CC1. The van der Waals surface area contributed by atoms with Gasteiger partial charge in [0, 0.05) is 19.1 Å². The van der Waals surface area contributed by atoms with Gasteiger partial charge in [-0.2, -0.15) is 0 Å². The quantitative estimate of drug-likeness (QED) is 0.684. The van der Waals surface area contributed by atoms with Gasteiger partial charge in [-0.1, -0.05) is 32.4 Å². The first-order valence-electron chi connectivity index (χ1n) is 8.02. The molecular formula is C17H27FN2. The van der Waals surface area contributed by atoms with Crippen LogP contribution in [-0.4, -0.2) is 19.1 Å². The van der Waals surface area contributed by atoms with E-state index in [1.165, 1.54) is 12.8 Å². The van der Waals surface area contributed by atoms with Crippen LogP contribution in [0.15, 0.2) is 18.2 Å². The number of unbranched alkanes of at least 4 members (excludes halogenated alkanes) is 1. The molecule has 1 aliphatic rings. The lowest BCUT2D eigenvalue weighted by Gasteiger charge is -2.27. The molecule has 0 spiro atoms. The zero-order valence-corrected chi connectivity index (χ0v) is 12.8. The number of rotatable bonds is 9. The molecule has 1 aromatic rings. The molecule has 112 valence electrons. The lowest BCUT2D eigenvalue weighted by molar-refractivity contribution is 0.600. The Kier molecular flexibility index (Phi) is 5.84. The Morgan fingerprint density at radius 3 is 2.70 bits per heavy atom. The molecule has 1 fully saturated rings. The van der Waals surface area contributed by atoms with Crippen molar-refractivity contribution < 1.29 is 4.39 Å². The van der Waals surface area contributed by atoms with Crippen molar-refractivity contribution in [3.05, 3.63) is 29.6 Å². The molecule has 0 radical (unpaired) electrons. The molecule has 3 heteroatoms. The maximum atomic E-state index is 14.4. The van der Waals surface area contributed by atoms with Gasteiger partial charge in [0.15, 0.2) is 0 Å². The molecule has 20 heavy (non-hydrogen) atoms. The molecule has 0 heterocycles. The Morgan fingerprint density at radius 1 is 1.25 bits per heavy atom. The zero-order chi connectivity index (χ0) is 14.4. The molecule has 0 bridgehead atoms. The van der Waals surface area contributed by atoms with E-state index in [2.05, 4.69) is 30.1 Å². The van der Waals surface area contributed by atoms with Crippen LogP contribution >= 0.6 is 0 Å². The molecule has 1 saturated carbocycles. The predicted molar refractivity (Wildman–Crippen MR) is 83.7 cm³/mol. The number of para-hydroxylation sites is 1. The molecule has 0 aliphatic heterocycles. The maximum Gasteiger partial charge on any atom is 0.146 e. The summed E-state index contributed by atoms with van der Waals surface area (Å²) < 4.78 is 14.4. The second-order valence-electron chi connectivity index (χ2n) is 5.70. The smallest absolute Gasteiger partial charge is 0.146 e. The summed E-state index contributed by atoms with van der Waals surface area (Å²) in [4.78, 5) is 2.31. The minimum absolute atomic E-state index is 0.0659. The highest BCUT2D eigenvalue weighted by atomic mass is 19.1. The predicted octanol–water partition coefficient (Wildman–Crippen LogP) is 4.09. The standard InChI is InChI=1S/C17H27FN2/c1-3-5-12-20(15-9-10-15)17-14(13-19-11-4-2)7-6-8-16(17)18/h6-8,15,19H,3-5,9-13H2,1-2H3. The van der Waals surface area contributed by atoms with Gasteiger partial charge in [-0.05, 0) is 43.9 Å². The number of anilines is 1. The number of hydrogen-bond donors (Lipinski definition) is 1. The Balaban J connectivity index is 2.17. The van der Waals surface area contributed by atoms with Crippen molar-refractivity contribution in [2.24, 2.45) is 0 Å². The number of nitrogens with zero attached hydrogens (tertiary/aromatic N) is 1. The molecule has 1 N–H and O–H groups in total. The van der Waals surface area contributed by atoms with E-state index in [0.717, 1.165) is 50.1 Å². The Hall–Kier alpha value is -1.09. The van der Waals surface area contributed by atoms with Gasteiger partial charge in [-0.3, -0.25) is 0 Å². The minimum atomic E-state index is -0.0659. The van der Waals surface area contributed by atoms with E-state index in [1.54, 1.807) is 6.07 Å². The first-order chi connectivity index (χ1) is 9.77. The van der Waals surface area contributed by atoms with Crippen molar-refractivity contribution in [3.63, 3.8) is 0 Å². The molecule has 1 aromatic carbocycles. The summed E-state index contributed by atoms with van der Waals surface area (Å²) in [5.74, 6) is -0.0659. The summed E-state index contributed by atoms with van der Waals surface area (Å²) in [5.41, 5.74) is 1.94. The van der Waals surface area contributed by atoms with Gasteiger partial charge < -0.3 is 10.2 Å². The topological polar surface area (TPSA) is 15.3 Å². The van der Waals surface area contributed by atoms with E-state index in [-0.39, 0.29) is 5.82 Å². The van der Waals surface area contributed by atoms with E-state index >= 15 is 0 Å². The van der Waals surface area contributed by atoms with Gasteiger partial charge in [0.25, 0.3) is 0 Å². The first-order valence-corrected chi connectivity index (χ1v) is 8.02. The molecule has 0 aromatic heterocycles. The van der Waals surface area contributed by atoms with Crippen LogP contribution in [0.25, 0.3) is 0 Å². The summed E-state index contributed by atoms with van der Waals surface area (Å²) >= 11 is 0. The van der Waals surface area contributed by atoms with Crippen molar-refractivity contribution >= 4 is 5.69 Å². The van der Waals surface area contributed by atoms with Gasteiger partial charge in [0.2, 0.25) is 0 Å². The van der Waals surface area contributed by atoms with Crippen molar-refractivity contribution in [3.8, 4) is 0 Å². The number of hydrogen-bond acceptors (Lipinski definition) is 2. The summed E-state index contributed by atoms with van der Waals surface area (Å²) in [6.07, 6.45) is 5.81. The molecule has 0 atom stereocenters. The van der Waals surface area contributed by atoms with Crippen LogP contribution in [0.5, 0.6) is 0 Å². The summed E-state index contributed by atoms with van der Waals surface area (Å²) in [7, 11) is 0. The second-order valence-corrected chi connectivity index (χ2v) is 5.70. The van der Waals surface area contributed by atoms with Crippen molar-refractivity contribution in [2.75, 3.05) is 18.0 Å². The van der Waals surface area contributed by atoms with Crippen LogP contribution in [0, 0.1) is 5.82 Å². The average molecular weight is 278 g/mol. The molecule has 2 rings (SSSR count). The minimum Gasteiger partial charge on any atom is -0.366 e. The fraction of sp³-hybridized carbons (Fsp3) is 0.647. The van der Waals surface area contributed by atoms with Gasteiger partial charge in [-0.15, -0.1) is 0 Å². The van der Waals surface area contributed by atoms with E-state index < -0.39 is 0 Å². The van der Waals surface area contributed by atoms with Gasteiger partial charge >= 0.3 is 0 Å². The van der Waals surface area contributed by atoms with Gasteiger partial charge in [-0.25, -0.2) is 4.39 Å². The fourth-order valence-electron chi connectivity index (χ4n) is 2.62. The highest BCUT2D eigenvalue weighted by molar-refractivity contribution is 5.56. The number of nitrogens with one attached hydrogen (secondary N) is 1. The van der Waals surface area contributed by atoms with E-state index in [4.69, 9.17) is 0 Å². The summed E-state index contributed by atoms with van der Waals surface area (Å²) in [6.45, 7) is 7.06. The Labute approximate surface area is 122 Å². The lowest BCUT2D eigenvalue weighted by Crippen LogP contribution is -2.29. The Bertz CT molecular complexity index is 415. The number of halogens is 1. The Morgan fingerprint density at radius 2 is 2.05 bits per heavy atom. The molecule has 0 saturated heterocycles. The van der Waals surface area contributed by atoms with Crippen LogP contribution in [0.1, 0.15) is 51.5 Å². The van der Waals surface area contributed by atoms with E-state index in [0.29, 0.717) is 6.04 Å². The third-order valence-corrected chi connectivity index (χ3v) is 3.84. The van der Waals surface area contributed by atoms with Crippen molar-refractivity contribution in [2.45, 2.75) is 58.5 Å². The third kappa shape index (κ3) is 3.95. The monoisotopic (exact) mass is 278 g/mol. The zero-order valence-electron chi connectivity index (χ0n) is 12.8. The van der Waals surface area contributed by atoms with Crippen molar-refractivity contribution in [1.29, 1.82) is 0 Å². The molecule has 2 nitrogen and oxygen atoms in total. The average Bonchev–Trinajstić information content (AvgIpc) is 3.26. The van der Waals surface area contributed by atoms with E-state index in [1.807, 2.05) is 6.07 Å². The largest absolute Gasteiger partial charge is 0.366 e. The van der Waals surface area contributed by atoms with Gasteiger partial charge in [0.1, 0.15) is 5.82 Å². The first kappa shape index (κ1) is 15.3.